The average molecular weight is 345 g/mol. The molecule has 2 rings (SSSR count). The van der Waals surface area contributed by atoms with Gasteiger partial charge in [0.15, 0.2) is 0 Å². The highest BCUT2D eigenvalue weighted by atomic mass is 32.2. The number of nitrogens with one attached hydrogen (secondary N) is 1. The van der Waals surface area contributed by atoms with Crippen molar-refractivity contribution in [3.63, 3.8) is 0 Å². The van der Waals surface area contributed by atoms with Gasteiger partial charge in [-0.2, -0.15) is 0 Å². The molecule has 22 heavy (non-hydrogen) atoms. The maximum atomic E-state index is 12.3. The lowest BCUT2D eigenvalue weighted by atomic mass is 10.1. The molecule has 0 saturated heterocycles. The quantitative estimate of drug-likeness (QED) is 0.765. The fourth-order valence-electron chi connectivity index (χ4n) is 1.74. The molecule has 0 saturated carbocycles. The molecule has 0 aromatic carbocycles. The second-order valence-electron chi connectivity index (χ2n) is 4.68. The molecule has 0 bridgehead atoms. The van der Waals surface area contributed by atoms with Gasteiger partial charge in [0, 0.05) is 6.54 Å². The second kappa shape index (κ2) is 6.21. The number of rotatable bonds is 6. The summed E-state index contributed by atoms with van der Waals surface area (Å²) in [4.78, 5) is 11.4. The van der Waals surface area contributed by atoms with Crippen molar-refractivity contribution in [3.05, 3.63) is 40.5 Å². The highest BCUT2D eigenvalue weighted by molar-refractivity contribution is 7.89. The number of hydrogen-bond acceptors (Lipinski definition) is 7. The summed E-state index contributed by atoms with van der Waals surface area (Å²) < 4.78 is 36.5. The van der Waals surface area contributed by atoms with Gasteiger partial charge in [0.2, 0.25) is 10.0 Å². The van der Waals surface area contributed by atoms with Crippen LogP contribution < -0.4 is 4.72 Å². The van der Waals surface area contributed by atoms with Crippen LogP contribution in [0.5, 0.6) is 0 Å². The SMILES string of the molecule is COC(=O)c1sccc1S(=O)(=O)NC[C@@](C)(O)c1ccco1. The summed E-state index contributed by atoms with van der Waals surface area (Å²) in [5, 5.41) is 11.7. The number of hydrogen-bond donors (Lipinski definition) is 2. The van der Waals surface area contributed by atoms with Crippen molar-refractivity contribution in [2.45, 2.75) is 17.4 Å². The van der Waals surface area contributed by atoms with Crippen LogP contribution in [0.4, 0.5) is 0 Å². The Kier molecular flexibility index (Phi) is 4.71. The summed E-state index contributed by atoms with van der Waals surface area (Å²) in [5.41, 5.74) is -1.52. The van der Waals surface area contributed by atoms with Crippen LogP contribution in [0, 0.1) is 0 Å². The topological polar surface area (TPSA) is 106 Å². The van der Waals surface area contributed by atoms with Crippen LogP contribution in [-0.4, -0.2) is 33.1 Å². The van der Waals surface area contributed by atoms with Crippen LogP contribution in [0.15, 0.2) is 39.2 Å². The average Bonchev–Trinajstić information content (AvgIpc) is 3.15. The van der Waals surface area contributed by atoms with Gasteiger partial charge in [-0.1, -0.05) is 0 Å². The van der Waals surface area contributed by atoms with Gasteiger partial charge in [0.05, 0.1) is 13.4 Å². The molecule has 7 nitrogen and oxygen atoms in total. The minimum atomic E-state index is -3.97. The van der Waals surface area contributed by atoms with Crippen LogP contribution >= 0.6 is 11.3 Å². The second-order valence-corrected chi connectivity index (χ2v) is 7.33. The predicted octanol–water partition coefficient (Wildman–Crippen LogP) is 1.31. The third-order valence-corrected chi connectivity index (χ3v) is 5.42. The Hall–Kier alpha value is -1.68. The van der Waals surface area contributed by atoms with E-state index in [1.165, 1.54) is 31.7 Å². The van der Waals surface area contributed by atoms with Crippen molar-refractivity contribution >= 4 is 27.3 Å². The molecule has 2 aromatic heterocycles. The van der Waals surface area contributed by atoms with Crippen molar-refractivity contribution in [1.82, 2.24) is 4.72 Å². The van der Waals surface area contributed by atoms with Gasteiger partial charge in [-0.3, -0.25) is 0 Å². The van der Waals surface area contributed by atoms with E-state index in [-0.39, 0.29) is 22.1 Å². The molecule has 2 N–H and O–H groups in total. The molecular weight excluding hydrogens is 330 g/mol. The van der Waals surface area contributed by atoms with Gasteiger partial charge in [-0.05, 0) is 30.5 Å². The maximum Gasteiger partial charge on any atom is 0.349 e. The molecule has 0 amide bonds. The van der Waals surface area contributed by atoms with E-state index in [9.17, 15) is 18.3 Å². The van der Waals surface area contributed by atoms with Crippen LogP contribution in [0.3, 0.4) is 0 Å². The molecule has 120 valence electrons. The molecule has 2 aromatic rings. The highest BCUT2D eigenvalue weighted by Gasteiger charge is 2.31. The first kappa shape index (κ1) is 16.7. The van der Waals surface area contributed by atoms with Gasteiger partial charge < -0.3 is 14.3 Å². The summed E-state index contributed by atoms with van der Waals surface area (Å²) in [7, 11) is -2.79. The van der Waals surface area contributed by atoms with E-state index >= 15 is 0 Å². The molecule has 0 unspecified atom stereocenters. The Bertz CT molecular complexity index is 745. The van der Waals surface area contributed by atoms with E-state index in [2.05, 4.69) is 9.46 Å². The lowest BCUT2D eigenvalue weighted by Crippen LogP contribution is -2.38. The number of carbonyl (C=O) groups excluding carboxylic acids is 1. The maximum absolute atomic E-state index is 12.3. The number of thiophene rings is 1. The summed E-state index contributed by atoms with van der Waals surface area (Å²) >= 11 is 0.965. The first-order chi connectivity index (χ1) is 10.3. The molecule has 0 fully saturated rings. The van der Waals surface area contributed by atoms with E-state index in [0.717, 1.165) is 11.3 Å². The summed E-state index contributed by atoms with van der Waals surface area (Å²) in [6, 6.07) is 4.44. The summed E-state index contributed by atoms with van der Waals surface area (Å²) in [5.74, 6) is -0.498. The Morgan fingerprint density at radius 3 is 2.82 bits per heavy atom. The first-order valence-corrected chi connectivity index (χ1v) is 8.56. The fourth-order valence-corrected chi connectivity index (χ4v) is 4.20. The van der Waals surface area contributed by atoms with Crippen molar-refractivity contribution in [3.8, 4) is 0 Å². The number of carbonyl (C=O) groups is 1. The van der Waals surface area contributed by atoms with Crippen molar-refractivity contribution in [2.24, 2.45) is 0 Å². The predicted molar refractivity (Wildman–Crippen MR) is 79.1 cm³/mol. The van der Waals surface area contributed by atoms with Gasteiger partial charge in [-0.15, -0.1) is 11.3 Å². The van der Waals surface area contributed by atoms with Crippen LogP contribution in [-0.2, 0) is 20.4 Å². The van der Waals surface area contributed by atoms with E-state index in [1.807, 2.05) is 0 Å². The number of sulfonamides is 1. The molecule has 1 atom stereocenters. The molecule has 9 heteroatoms. The standard InChI is InChI=1S/C13H15NO6S2/c1-13(16,10-4-3-6-20-10)8-14-22(17,18)9-5-7-21-11(9)12(15)19-2/h3-7,14,16H,8H2,1-2H3/t13-/m1/s1. The molecule has 0 aliphatic rings. The smallest absolute Gasteiger partial charge is 0.349 e. The number of methoxy groups -OCH3 is 1. The summed E-state index contributed by atoms with van der Waals surface area (Å²) in [6.07, 6.45) is 1.38. The lowest BCUT2D eigenvalue weighted by molar-refractivity contribution is 0.0395. The Labute approximate surface area is 131 Å². The van der Waals surface area contributed by atoms with E-state index in [4.69, 9.17) is 4.42 Å². The molecule has 0 aliphatic heterocycles. The minimum absolute atomic E-state index is 0.0207. The number of furan rings is 1. The van der Waals surface area contributed by atoms with Crippen LogP contribution in [0.25, 0.3) is 0 Å². The zero-order chi connectivity index (χ0) is 16.4. The number of esters is 1. The normalized spacial score (nSPS) is 14.5. The minimum Gasteiger partial charge on any atom is -0.466 e. The largest absolute Gasteiger partial charge is 0.466 e. The van der Waals surface area contributed by atoms with Crippen LogP contribution in [0.2, 0.25) is 0 Å². The molecule has 0 aliphatic carbocycles. The van der Waals surface area contributed by atoms with Gasteiger partial charge in [0.1, 0.15) is 21.1 Å². The molecule has 2 heterocycles. The van der Waals surface area contributed by atoms with E-state index < -0.39 is 21.6 Å². The Balaban J connectivity index is 2.19. The van der Waals surface area contributed by atoms with Gasteiger partial charge in [0.25, 0.3) is 0 Å². The van der Waals surface area contributed by atoms with Gasteiger partial charge in [-0.25, -0.2) is 17.9 Å². The summed E-state index contributed by atoms with van der Waals surface area (Å²) in [6.45, 7) is 1.11. The van der Waals surface area contributed by atoms with Crippen molar-refractivity contribution in [1.29, 1.82) is 0 Å². The Morgan fingerprint density at radius 1 is 1.50 bits per heavy atom. The lowest BCUT2D eigenvalue weighted by Gasteiger charge is -2.21. The fraction of sp³-hybridized carbons (Fsp3) is 0.308. The highest BCUT2D eigenvalue weighted by Crippen LogP contribution is 2.24. The van der Waals surface area contributed by atoms with E-state index in [1.54, 1.807) is 12.1 Å². The third kappa shape index (κ3) is 3.38. The van der Waals surface area contributed by atoms with Crippen molar-refractivity contribution < 1.29 is 27.5 Å². The first-order valence-electron chi connectivity index (χ1n) is 6.20. The third-order valence-electron chi connectivity index (χ3n) is 2.95. The molecule has 0 radical (unpaired) electrons. The van der Waals surface area contributed by atoms with Crippen LogP contribution in [0.1, 0.15) is 22.4 Å². The molecular formula is C13H15NO6S2. The zero-order valence-electron chi connectivity index (χ0n) is 11.9. The van der Waals surface area contributed by atoms with E-state index in [0.29, 0.717) is 0 Å². The number of ether oxygens (including phenoxy) is 1. The molecule has 0 spiro atoms. The zero-order valence-corrected chi connectivity index (χ0v) is 13.5. The van der Waals surface area contributed by atoms with Gasteiger partial charge >= 0.3 is 5.97 Å². The monoisotopic (exact) mass is 345 g/mol. The number of aliphatic hydroxyl groups is 1. The van der Waals surface area contributed by atoms with Crippen molar-refractivity contribution in [2.75, 3.05) is 13.7 Å². The Morgan fingerprint density at radius 2 is 2.23 bits per heavy atom.